The van der Waals surface area contributed by atoms with Crippen molar-refractivity contribution in [1.82, 2.24) is 9.78 Å². The highest BCUT2D eigenvalue weighted by Crippen LogP contribution is 2.40. The quantitative estimate of drug-likeness (QED) is 0.801. The predicted octanol–water partition coefficient (Wildman–Crippen LogP) is 1.58. The summed E-state index contributed by atoms with van der Waals surface area (Å²) in [6.07, 6.45) is 4.22. The molecule has 7 heteroatoms. The van der Waals surface area contributed by atoms with Gasteiger partial charge in [-0.1, -0.05) is 0 Å². The monoisotopic (exact) mass is 302 g/mol. The van der Waals surface area contributed by atoms with Crippen molar-refractivity contribution in [2.75, 3.05) is 19.0 Å². The predicted molar refractivity (Wildman–Crippen MR) is 80.0 cm³/mol. The van der Waals surface area contributed by atoms with Crippen LogP contribution in [0.2, 0.25) is 0 Å². The van der Waals surface area contributed by atoms with Crippen LogP contribution in [0.15, 0.2) is 12.3 Å². The maximum atomic E-state index is 11.9. The second-order valence-electron chi connectivity index (χ2n) is 5.08. The maximum absolute atomic E-state index is 11.9. The van der Waals surface area contributed by atoms with Crippen LogP contribution >= 0.6 is 12.4 Å². The van der Waals surface area contributed by atoms with Gasteiger partial charge in [-0.25, -0.2) is 4.68 Å². The first-order chi connectivity index (χ1) is 9.15. The molecule has 1 heterocycles. The number of nitrogens with one attached hydrogen (secondary N) is 1. The first-order valence-electron chi connectivity index (χ1n) is 6.72. The molecule has 2 unspecified atom stereocenters. The Morgan fingerprint density at radius 2 is 2.35 bits per heavy atom. The Labute approximate surface area is 125 Å². The van der Waals surface area contributed by atoms with Crippen LogP contribution in [0, 0.1) is 5.92 Å². The first-order valence-corrected chi connectivity index (χ1v) is 6.72. The van der Waals surface area contributed by atoms with Gasteiger partial charge in [-0.05, 0) is 25.7 Å². The van der Waals surface area contributed by atoms with Gasteiger partial charge in [0.2, 0.25) is 5.91 Å². The first kappa shape index (κ1) is 16.9. The van der Waals surface area contributed by atoms with E-state index in [0.29, 0.717) is 18.5 Å². The number of carbonyl (C=O) groups excluding carboxylic acids is 1. The number of methoxy groups -OCH3 is 1. The smallest absolute Gasteiger partial charge is 0.228 e. The van der Waals surface area contributed by atoms with Crippen molar-refractivity contribution in [3.05, 3.63) is 12.3 Å². The molecule has 0 bridgehead atoms. The summed E-state index contributed by atoms with van der Waals surface area (Å²) < 4.78 is 7.00. The molecule has 1 aromatic heterocycles. The number of carbonyl (C=O) groups is 1. The van der Waals surface area contributed by atoms with E-state index in [4.69, 9.17) is 10.5 Å². The van der Waals surface area contributed by atoms with Crippen LogP contribution < -0.4 is 11.1 Å². The zero-order valence-electron chi connectivity index (χ0n) is 11.9. The number of halogens is 1. The molecular formula is C13H23ClN4O2. The van der Waals surface area contributed by atoms with Crippen LogP contribution in [-0.2, 0) is 9.53 Å². The Morgan fingerprint density at radius 1 is 1.65 bits per heavy atom. The summed E-state index contributed by atoms with van der Waals surface area (Å²) >= 11 is 0. The molecule has 1 amide bonds. The fraction of sp³-hybridized carbons (Fsp3) is 0.692. The molecule has 6 nitrogen and oxygen atoms in total. The number of nitrogens with two attached hydrogens (primary N) is 1. The molecule has 1 aliphatic rings. The van der Waals surface area contributed by atoms with Gasteiger partial charge in [0.25, 0.3) is 0 Å². The van der Waals surface area contributed by atoms with Crippen molar-refractivity contribution in [3.8, 4) is 0 Å². The molecule has 1 fully saturated rings. The summed E-state index contributed by atoms with van der Waals surface area (Å²) in [5, 5.41) is 7.18. The number of anilines is 1. The highest BCUT2D eigenvalue weighted by Gasteiger charge is 2.30. The van der Waals surface area contributed by atoms with E-state index in [1.807, 2.05) is 10.7 Å². The topological polar surface area (TPSA) is 82.2 Å². The molecule has 1 aliphatic carbocycles. The van der Waals surface area contributed by atoms with Gasteiger partial charge in [0.1, 0.15) is 5.82 Å². The van der Waals surface area contributed by atoms with Gasteiger partial charge < -0.3 is 15.8 Å². The molecule has 0 radical (unpaired) electrons. The van der Waals surface area contributed by atoms with E-state index in [9.17, 15) is 4.79 Å². The van der Waals surface area contributed by atoms with Crippen molar-refractivity contribution in [3.63, 3.8) is 0 Å². The van der Waals surface area contributed by atoms with Gasteiger partial charge >= 0.3 is 0 Å². The van der Waals surface area contributed by atoms with E-state index in [1.54, 1.807) is 13.3 Å². The van der Waals surface area contributed by atoms with Crippen LogP contribution in [0.3, 0.4) is 0 Å². The average Bonchev–Trinajstić information content (AvgIpc) is 3.16. The molecule has 0 aromatic carbocycles. The van der Waals surface area contributed by atoms with Gasteiger partial charge in [0, 0.05) is 19.7 Å². The van der Waals surface area contributed by atoms with Gasteiger partial charge in [-0.2, -0.15) is 5.10 Å². The minimum absolute atomic E-state index is 0. The normalized spacial score (nSPS) is 17.1. The standard InChI is InChI=1S/C13H22N4O2.ClH/c1-9(10-3-4-10)17-12(5-6-15-17)16-13(18)7-11(8-14)19-2;/h5-6,9-11H,3-4,7-8,14H2,1-2H3,(H,16,18);1H. The minimum atomic E-state index is -0.239. The fourth-order valence-corrected chi connectivity index (χ4v) is 2.18. The summed E-state index contributed by atoms with van der Waals surface area (Å²) in [6, 6.07) is 2.15. The third kappa shape index (κ3) is 4.19. The van der Waals surface area contributed by atoms with Gasteiger partial charge in [-0.15, -0.1) is 12.4 Å². The Bertz CT molecular complexity index is 430. The second-order valence-corrected chi connectivity index (χ2v) is 5.08. The number of aromatic nitrogens is 2. The zero-order valence-corrected chi connectivity index (χ0v) is 12.7. The third-order valence-electron chi connectivity index (χ3n) is 3.64. The Kier molecular flexibility index (Phi) is 6.45. The lowest BCUT2D eigenvalue weighted by Gasteiger charge is -2.16. The summed E-state index contributed by atoms with van der Waals surface area (Å²) in [6.45, 7) is 2.47. The molecule has 1 aromatic rings. The number of hydrogen-bond donors (Lipinski definition) is 2. The van der Waals surface area contributed by atoms with Crippen molar-refractivity contribution >= 4 is 24.1 Å². The molecule has 114 valence electrons. The molecule has 2 atom stereocenters. The van der Waals surface area contributed by atoms with E-state index >= 15 is 0 Å². The highest BCUT2D eigenvalue weighted by atomic mass is 35.5. The molecule has 1 saturated carbocycles. The molecule has 0 saturated heterocycles. The maximum Gasteiger partial charge on any atom is 0.228 e. The molecule has 3 N–H and O–H groups in total. The number of nitrogens with zero attached hydrogens (tertiary/aromatic N) is 2. The van der Waals surface area contributed by atoms with Crippen molar-refractivity contribution < 1.29 is 9.53 Å². The minimum Gasteiger partial charge on any atom is -0.380 e. The number of rotatable bonds is 7. The number of hydrogen-bond acceptors (Lipinski definition) is 4. The Hall–Kier alpha value is -1.11. The third-order valence-corrected chi connectivity index (χ3v) is 3.64. The van der Waals surface area contributed by atoms with Crippen LogP contribution in [0.4, 0.5) is 5.82 Å². The average molecular weight is 303 g/mol. The van der Waals surface area contributed by atoms with Crippen molar-refractivity contribution in [2.24, 2.45) is 11.7 Å². The van der Waals surface area contributed by atoms with E-state index in [1.165, 1.54) is 12.8 Å². The molecule has 0 spiro atoms. The summed E-state index contributed by atoms with van der Waals surface area (Å²) in [5.41, 5.74) is 5.51. The van der Waals surface area contributed by atoms with Gasteiger partial charge in [0.15, 0.2) is 0 Å². The summed E-state index contributed by atoms with van der Waals surface area (Å²) in [4.78, 5) is 11.9. The highest BCUT2D eigenvalue weighted by molar-refractivity contribution is 5.90. The van der Waals surface area contributed by atoms with Crippen LogP contribution in [0.25, 0.3) is 0 Å². The van der Waals surface area contributed by atoms with Crippen LogP contribution in [0.1, 0.15) is 32.2 Å². The Balaban J connectivity index is 0.00000200. The molecule has 2 rings (SSSR count). The fourth-order valence-electron chi connectivity index (χ4n) is 2.18. The van der Waals surface area contributed by atoms with Crippen LogP contribution in [-0.4, -0.2) is 35.4 Å². The number of amides is 1. The van der Waals surface area contributed by atoms with Gasteiger partial charge in [-0.3, -0.25) is 4.79 Å². The molecule has 0 aliphatic heterocycles. The SMILES string of the molecule is COC(CN)CC(=O)Nc1ccnn1C(C)C1CC1.Cl. The lowest BCUT2D eigenvalue weighted by Crippen LogP contribution is -2.29. The van der Waals surface area contributed by atoms with Crippen molar-refractivity contribution in [1.29, 1.82) is 0 Å². The van der Waals surface area contributed by atoms with E-state index in [2.05, 4.69) is 17.3 Å². The van der Waals surface area contributed by atoms with E-state index in [-0.39, 0.29) is 30.8 Å². The van der Waals surface area contributed by atoms with Gasteiger partial charge in [0.05, 0.1) is 24.8 Å². The van der Waals surface area contributed by atoms with Crippen LogP contribution in [0.5, 0.6) is 0 Å². The lowest BCUT2D eigenvalue weighted by molar-refractivity contribution is -0.118. The molecule has 20 heavy (non-hydrogen) atoms. The largest absolute Gasteiger partial charge is 0.380 e. The Morgan fingerprint density at radius 3 is 2.90 bits per heavy atom. The van der Waals surface area contributed by atoms with Crippen molar-refractivity contribution in [2.45, 2.75) is 38.3 Å². The summed E-state index contributed by atoms with van der Waals surface area (Å²) in [5.74, 6) is 1.34. The van der Waals surface area contributed by atoms with E-state index < -0.39 is 0 Å². The second kappa shape index (κ2) is 7.61. The lowest BCUT2D eigenvalue weighted by atomic mass is 10.2. The molecular weight excluding hydrogens is 280 g/mol. The van der Waals surface area contributed by atoms with E-state index in [0.717, 1.165) is 5.82 Å². The number of ether oxygens (including phenoxy) is 1. The summed E-state index contributed by atoms with van der Waals surface area (Å²) in [7, 11) is 1.56. The zero-order chi connectivity index (χ0) is 13.8.